The van der Waals surface area contributed by atoms with Crippen LogP contribution in [0.25, 0.3) is 0 Å². The Morgan fingerprint density at radius 3 is 2.71 bits per heavy atom. The fourth-order valence-electron chi connectivity index (χ4n) is 1.01. The average molecular weight is 373 g/mol. The molecule has 1 aromatic rings. The maximum Gasteiger partial charge on any atom is 0.0929 e. The molecule has 0 radical (unpaired) electrons. The second kappa shape index (κ2) is 4.49. The summed E-state index contributed by atoms with van der Waals surface area (Å²) in [6.45, 7) is 6.33. The van der Waals surface area contributed by atoms with E-state index in [1.54, 1.807) is 6.20 Å². The first kappa shape index (κ1) is 12.4. The summed E-state index contributed by atoms with van der Waals surface area (Å²) in [6.07, 6.45) is 1.75. The average Bonchev–Trinajstić information content (AvgIpc) is 2.35. The van der Waals surface area contributed by atoms with Gasteiger partial charge in [0.25, 0.3) is 0 Å². The SMILES string of the molecule is Cc1c(Br)cnn1CC(C)(O)[C@H](C)I. The van der Waals surface area contributed by atoms with Gasteiger partial charge in [0.2, 0.25) is 0 Å². The van der Waals surface area contributed by atoms with E-state index >= 15 is 0 Å². The van der Waals surface area contributed by atoms with Crippen LogP contribution < -0.4 is 0 Å². The fourth-order valence-corrected chi connectivity index (χ4v) is 1.51. The van der Waals surface area contributed by atoms with E-state index in [4.69, 9.17) is 0 Å². The number of aliphatic hydroxyl groups is 1. The lowest BCUT2D eigenvalue weighted by Gasteiger charge is -2.26. The highest BCUT2D eigenvalue weighted by Crippen LogP contribution is 2.22. The van der Waals surface area contributed by atoms with Crippen LogP contribution in [0.4, 0.5) is 0 Å². The van der Waals surface area contributed by atoms with Crippen LogP contribution in [-0.4, -0.2) is 24.4 Å². The van der Waals surface area contributed by atoms with Crippen molar-refractivity contribution in [3.8, 4) is 0 Å². The van der Waals surface area contributed by atoms with Gasteiger partial charge >= 0.3 is 0 Å². The van der Waals surface area contributed by atoms with Gasteiger partial charge in [-0.05, 0) is 29.8 Å². The van der Waals surface area contributed by atoms with Crippen LogP contribution in [-0.2, 0) is 6.54 Å². The molecule has 0 aromatic carbocycles. The number of alkyl halides is 1. The summed E-state index contributed by atoms with van der Waals surface area (Å²) in [5.41, 5.74) is 0.318. The molecule has 1 unspecified atom stereocenters. The molecule has 2 atom stereocenters. The lowest BCUT2D eigenvalue weighted by molar-refractivity contribution is 0.0436. The predicted molar refractivity (Wildman–Crippen MR) is 68.8 cm³/mol. The van der Waals surface area contributed by atoms with Gasteiger partial charge in [0.05, 0.1) is 22.8 Å². The molecule has 5 heteroatoms. The van der Waals surface area contributed by atoms with Crippen molar-refractivity contribution in [2.24, 2.45) is 0 Å². The minimum absolute atomic E-state index is 0.183. The molecule has 0 bridgehead atoms. The van der Waals surface area contributed by atoms with Gasteiger partial charge in [-0.1, -0.05) is 29.5 Å². The van der Waals surface area contributed by atoms with Gasteiger partial charge in [-0.2, -0.15) is 5.10 Å². The largest absolute Gasteiger partial charge is 0.387 e. The third-order valence-corrected chi connectivity index (χ3v) is 4.49. The van der Waals surface area contributed by atoms with E-state index in [0.717, 1.165) is 10.2 Å². The summed E-state index contributed by atoms with van der Waals surface area (Å²) >= 11 is 5.62. The summed E-state index contributed by atoms with van der Waals surface area (Å²) in [7, 11) is 0. The van der Waals surface area contributed by atoms with Crippen molar-refractivity contribution in [2.45, 2.75) is 36.8 Å². The maximum absolute atomic E-state index is 10.1. The zero-order valence-corrected chi connectivity index (χ0v) is 12.2. The summed E-state index contributed by atoms with van der Waals surface area (Å²) in [6, 6.07) is 0. The molecule has 3 nitrogen and oxygen atoms in total. The molecule has 1 N–H and O–H groups in total. The Hall–Kier alpha value is 0.380. The molecule has 0 saturated carbocycles. The smallest absolute Gasteiger partial charge is 0.0929 e. The molecule has 0 aliphatic rings. The number of hydrogen-bond donors (Lipinski definition) is 1. The van der Waals surface area contributed by atoms with Crippen molar-refractivity contribution in [3.05, 3.63) is 16.4 Å². The monoisotopic (exact) mass is 372 g/mol. The Morgan fingerprint density at radius 2 is 2.36 bits per heavy atom. The van der Waals surface area contributed by atoms with E-state index in [-0.39, 0.29) is 3.92 Å². The molecular weight excluding hydrogens is 359 g/mol. The molecule has 0 spiro atoms. The van der Waals surface area contributed by atoms with Crippen LogP contribution >= 0.6 is 38.5 Å². The van der Waals surface area contributed by atoms with Crippen molar-refractivity contribution in [2.75, 3.05) is 0 Å². The first-order chi connectivity index (χ1) is 6.34. The Balaban J connectivity index is 2.84. The summed E-state index contributed by atoms with van der Waals surface area (Å²) in [4.78, 5) is 0. The number of halogens is 2. The van der Waals surface area contributed by atoms with Crippen molar-refractivity contribution in [3.63, 3.8) is 0 Å². The van der Waals surface area contributed by atoms with Crippen LogP contribution in [0.1, 0.15) is 19.5 Å². The quantitative estimate of drug-likeness (QED) is 0.654. The number of hydrogen-bond acceptors (Lipinski definition) is 2. The molecule has 0 aliphatic heterocycles. The standard InChI is InChI=1S/C9H14BrIN2O/c1-6-8(10)4-12-13(6)5-9(3,14)7(2)11/h4,7,14H,5H2,1-3H3/t7-,9?/m0/s1. The van der Waals surface area contributed by atoms with E-state index in [2.05, 4.69) is 43.6 Å². The van der Waals surface area contributed by atoms with Crippen LogP contribution in [0.5, 0.6) is 0 Å². The van der Waals surface area contributed by atoms with Gasteiger partial charge < -0.3 is 5.11 Å². The topological polar surface area (TPSA) is 38.0 Å². The molecule has 1 rings (SSSR count). The Labute approximate surface area is 106 Å². The molecule has 0 aliphatic carbocycles. The highest BCUT2D eigenvalue weighted by atomic mass is 127. The van der Waals surface area contributed by atoms with E-state index < -0.39 is 5.60 Å². The summed E-state index contributed by atoms with van der Waals surface area (Å²) in [5, 5.41) is 14.3. The highest BCUT2D eigenvalue weighted by Gasteiger charge is 2.27. The molecular formula is C9H14BrIN2O. The fraction of sp³-hybridized carbons (Fsp3) is 0.667. The van der Waals surface area contributed by atoms with Gasteiger partial charge in [0.1, 0.15) is 0 Å². The Kier molecular flexibility index (Phi) is 3.99. The lowest BCUT2D eigenvalue weighted by atomic mass is 10.0. The van der Waals surface area contributed by atoms with Gasteiger partial charge in [0.15, 0.2) is 0 Å². The van der Waals surface area contributed by atoms with Gasteiger partial charge in [-0.15, -0.1) is 0 Å². The van der Waals surface area contributed by atoms with Crippen molar-refractivity contribution >= 4 is 38.5 Å². The molecule has 0 amide bonds. The molecule has 1 heterocycles. The van der Waals surface area contributed by atoms with Gasteiger partial charge in [-0.25, -0.2) is 0 Å². The predicted octanol–water partition coefficient (Wildman–Crippen LogP) is 2.53. The summed E-state index contributed by atoms with van der Waals surface area (Å²) < 4.78 is 2.98. The molecule has 14 heavy (non-hydrogen) atoms. The number of aromatic nitrogens is 2. The number of nitrogens with zero attached hydrogens (tertiary/aromatic N) is 2. The lowest BCUT2D eigenvalue weighted by Crippen LogP contribution is -2.38. The minimum atomic E-state index is -0.725. The van der Waals surface area contributed by atoms with Gasteiger partial charge in [-0.3, -0.25) is 4.68 Å². The van der Waals surface area contributed by atoms with E-state index in [1.165, 1.54) is 0 Å². The van der Waals surface area contributed by atoms with Crippen LogP contribution in [0.3, 0.4) is 0 Å². The van der Waals surface area contributed by atoms with E-state index in [1.807, 2.05) is 25.5 Å². The number of rotatable bonds is 3. The zero-order valence-electron chi connectivity index (χ0n) is 8.46. The summed E-state index contributed by atoms with van der Waals surface area (Å²) in [5.74, 6) is 0. The first-order valence-corrected chi connectivity index (χ1v) is 6.43. The van der Waals surface area contributed by atoms with Gasteiger partial charge in [0, 0.05) is 9.62 Å². The molecule has 0 saturated heterocycles. The van der Waals surface area contributed by atoms with E-state index in [0.29, 0.717) is 6.54 Å². The van der Waals surface area contributed by atoms with Crippen LogP contribution in [0, 0.1) is 6.92 Å². The van der Waals surface area contributed by atoms with Crippen LogP contribution in [0.15, 0.2) is 10.7 Å². The van der Waals surface area contributed by atoms with Crippen molar-refractivity contribution in [1.82, 2.24) is 9.78 Å². The van der Waals surface area contributed by atoms with Crippen LogP contribution in [0.2, 0.25) is 0 Å². The Morgan fingerprint density at radius 1 is 1.79 bits per heavy atom. The third-order valence-electron chi connectivity index (χ3n) is 2.37. The highest BCUT2D eigenvalue weighted by molar-refractivity contribution is 14.1. The first-order valence-electron chi connectivity index (χ1n) is 4.39. The van der Waals surface area contributed by atoms with Crippen molar-refractivity contribution < 1.29 is 5.11 Å². The maximum atomic E-state index is 10.1. The Bertz CT molecular complexity index is 323. The third kappa shape index (κ3) is 2.70. The van der Waals surface area contributed by atoms with Crippen molar-refractivity contribution in [1.29, 1.82) is 0 Å². The van der Waals surface area contributed by atoms with E-state index in [9.17, 15) is 5.11 Å². The molecule has 1 aromatic heterocycles. The second-order valence-corrected chi connectivity index (χ2v) is 6.43. The zero-order chi connectivity index (χ0) is 10.9. The molecule has 80 valence electrons. The molecule has 0 fully saturated rings. The second-order valence-electron chi connectivity index (χ2n) is 3.71. The normalized spacial score (nSPS) is 17.9. The minimum Gasteiger partial charge on any atom is -0.387 e.